The lowest BCUT2D eigenvalue weighted by atomic mass is 10.1. The van der Waals surface area contributed by atoms with E-state index >= 15 is 0 Å². The first-order valence-corrected chi connectivity index (χ1v) is 6.86. The fourth-order valence-corrected chi connectivity index (χ4v) is 2.11. The number of nitrogens with zero attached hydrogens (tertiary/aromatic N) is 1. The molecule has 0 saturated heterocycles. The second kappa shape index (κ2) is 7.35. The lowest BCUT2D eigenvalue weighted by Crippen LogP contribution is -2.28. The van der Waals surface area contributed by atoms with Gasteiger partial charge in [-0.15, -0.1) is 0 Å². The van der Waals surface area contributed by atoms with Gasteiger partial charge in [-0.1, -0.05) is 29.8 Å². The molecule has 0 fully saturated rings. The van der Waals surface area contributed by atoms with Crippen molar-refractivity contribution < 1.29 is 4.79 Å². The van der Waals surface area contributed by atoms with Crippen LogP contribution in [0, 0.1) is 6.92 Å². The molecule has 1 aromatic carbocycles. The predicted molar refractivity (Wildman–Crippen MR) is 74.0 cm³/mol. The van der Waals surface area contributed by atoms with Gasteiger partial charge in [-0.25, -0.2) is 0 Å². The minimum atomic E-state index is 0.157. The van der Waals surface area contributed by atoms with Gasteiger partial charge in [-0.2, -0.15) is 11.8 Å². The van der Waals surface area contributed by atoms with Crippen LogP contribution in [0.5, 0.6) is 0 Å². The Morgan fingerprint density at radius 2 is 2.00 bits per heavy atom. The van der Waals surface area contributed by atoms with Crippen LogP contribution in [0.1, 0.15) is 11.1 Å². The maximum atomic E-state index is 11.8. The Hall–Kier alpha value is -1.00. The van der Waals surface area contributed by atoms with E-state index in [-0.39, 0.29) is 5.91 Å². The molecule has 1 aromatic rings. The first-order valence-electron chi connectivity index (χ1n) is 5.71. The average molecular weight is 252 g/mol. The first kappa shape index (κ1) is 14.1. The third-order valence-electron chi connectivity index (χ3n) is 2.45. The number of nitrogens with two attached hydrogens (primary N) is 1. The largest absolute Gasteiger partial charge is 0.341 e. The normalized spacial score (nSPS) is 10.3. The maximum absolute atomic E-state index is 11.8. The van der Waals surface area contributed by atoms with Gasteiger partial charge in [0.05, 0.1) is 5.75 Å². The van der Waals surface area contributed by atoms with E-state index in [0.717, 1.165) is 11.3 Å². The first-order chi connectivity index (χ1) is 8.13. The highest BCUT2D eigenvalue weighted by Crippen LogP contribution is 2.07. The van der Waals surface area contributed by atoms with Crippen LogP contribution in [0.25, 0.3) is 0 Å². The van der Waals surface area contributed by atoms with E-state index in [1.807, 2.05) is 7.05 Å². The Balaban J connectivity index is 2.40. The lowest BCUT2D eigenvalue weighted by Gasteiger charge is -2.17. The Morgan fingerprint density at radius 3 is 2.59 bits per heavy atom. The molecule has 0 atom stereocenters. The SMILES string of the molecule is Cc1ccc(CN(C)C(=O)CSCCN)cc1. The van der Waals surface area contributed by atoms with E-state index in [9.17, 15) is 4.79 Å². The molecule has 0 saturated carbocycles. The lowest BCUT2D eigenvalue weighted by molar-refractivity contribution is -0.127. The summed E-state index contributed by atoms with van der Waals surface area (Å²) >= 11 is 1.59. The van der Waals surface area contributed by atoms with E-state index < -0.39 is 0 Å². The molecule has 94 valence electrons. The zero-order valence-electron chi connectivity index (χ0n) is 10.5. The van der Waals surface area contributed by atoms with Gasteiger partial charge in [0, 0.05) is 25.9 Å². The van der Waals surface area contributed by atoms with Crippen molar-refractivity contribution in [3.05, 3.63) is 35.4 Å². The Bertz CT molecular complexity index is 351. The van der Waals surface area contributed by atoms with Gasteiger partial charge in [-0.3, -0.25) is 4.79 Å². The molecule has 0 aliphatic heterocycles. The van der Waals surface area contributed by atoms with Crippen LogP contribution in [-0.4, -0.2) is 35.9 Å². The number of benzene rings is 1. The number of amides is 1. The fraction of sp³-hybridized carbons (Fsp3) is 0.462. The molecule has 0 bridgehead atoms. The van der Waals surface area contributed by atoms with E-state index in [4.69, 9.17) is 5.73 Å². The van der Waals surface area contributed by atoms with Gasteiger partial charge in [0.1, 0.15) is 0 Å². The molecule has 17 heavy (non-hydrogen) atoms. The summed E-state index contributed by atoms with van der Waals surface area (Å²) in [6.45, 7) is 3.35. The summed E-state index contributed by atoms with van der Waals surface area (Å²) in [5.41, 5.74) is 7.78. The highest BCUT2D eigenvalue weighted by atomic mass is 32.2. The summed E-state index contributed by atoms with van der Waals surface area (Å²) in [7, 11) is 1.84. The number of rotatable bonds is 6. The second-order valence-corrected chi connectivity index (χ2v) is 5.18. The maximum Gasteiger partial charge on any atom is 0.232 e. The number of carbonyl (C=O) groups is 1. The topological polar surface area (TPSA) is 46.3 Å². The van der Waals surface area contributed by atoms with Crippen LogP contribution >= 0.6 is 11.8 Å². The number of thioether (sulfide) groups is 1. The number of hydrogen-bond donors (Lipinski definition) is 1. The molecule has 1 amide bonds. The van der Waals surface area contributed by atoms with E-state index in [1.165, 1.54) is 5.56 Å². The zero-order chi connectivity index (χ0) is 12.7. The average Bonchev–Trinajstić information content (AvgIpc) is 2.32. The molecule has 0 spiro atoms. The van der Waals surface area contributed by atoms with Crippen LogP contribution in [0.4, 0.5) is 0 Å². The third kappa shape index (κ3) is 5.24. The predicted octanol–water partition coefficient (Wildman–Crippen LogP) is 1.65. The van der Waals surface area contributed by atoms with Crippen molar-refractivity contribution in [3.63, 3.8) is 0 Å². The van der Waals surface area contributed by atoms with Crippen molar-refractivity contribution in [2.75, 3.05) is 25.1 Å². The quantitative estimate of drug-likeness (QED) is 0.783. The van der Waals surface area contributed by atoms with Crippen LogP contribution in [0.3, 0.4) is 0 Å². The van der Waals surface area contributed by atoms with Crippen molar-refractivity contribution >= 4 is 17.7 Å². The van der Waals surface area contributed by atoms with Crippen molar-refractivity contribution in [2.45, 2.75) is 13.5 Å². The van der Waals surface area contributed by atoms with Crippen LogP contribution in [0.15, 0.2) is 24.3 Å². The summed E-state index contributed by atoms with van der Waals surface area (Å²) in [6, 6.07) is 8.26. The van der Waals surface area contributed by atoms with Crippen LogP contribution in [-0.2, 0) is 11.3 Å². The number of aryl methyl sites for hydroxylation is 1. The fourth-order valence-electron chi connectivity index (χ4n) is 1.41. The molecule has 0 radical (unpaired) electrons. The molecule has 0 aromatic heterocycles. The molecule has 2 N–H and O–H groups in total. The molecule has 0 aliphatic rings. The summed E-state index contributed by atoms with van der Waals surface area (Å²) in [5.74, 6) is 1.51. The van der Waals surface area contributed by atoms with Gasteiger partial charge in [-0.05, 0) is 12.5 Å². The molecular weight excluding hydrogens is 232 g/mol. The number of carbonyl (C=O) groups excluding carboxylic acids is 1. The number of hydrogen-bond acceptors (Lipinski definition) is 3. The Kier molecular flexibility index (Phi) is 6.08. The standard InChI is InChI=1S/C13H20N2OS/c1-11-3-5-12(6-4-11)9-15(2)13(16)10-17-8-7-14/h3-6H,7-10,14H2,1-2H3. The highest BCUT2D eigenvalue weighted by Gasteiger charge is 2.08. The Morgan fingerprint density at radius 1 is 1.35 bits per heavy atom. The van der Waals surface area contributed by atoms with Gasteiger partial charge >= 0.3 is 0 Å². The highest BCUT2D eigenvalue weighted by molar-refractivity contribution is 7.99. The summed E-state index contributed by atoms with van der Waals surface area (Å²) < 4.78 is 0. The summed E-state index contributed by atoms with van der Waals surface area (Å²) in [6.07, 6.45) is 0. The molecular formula is C13H20N2OS. The summed E-state index contributed by atoms with van der Waals surface area (Å²) in [4.78, 5) is 13.5. The zero-order valence-corrected chi connectivity index (χ0v) is 11.3. The van der Waals surface area contributed by atoms with E-state index in [1.54, 1.807) is 16.7 Å². The second-order valence-electron chi connectivity index (χ2n) is 4.08. The van der Waals surface area contributed by atoms with Gasteiger partial charge in [0.25, 0.3) is 0 Å². The molecule has 0 heterocycles. The van der Waals surface area contributed by atoms with Crippen molar-refractivity contribution in [2.24, 2.45) is 5.73 Å². The van der Waals surface area contributed by atoms with Crippen molar-refractivity contribution in [1.82, 2.24) is 4.90 Å². The van der Waals surface area contributed by atoms with Crippen molar-refractivity contribution in [1.29, 1.82) is 0 Å². The third-order valence-corrected chi connectivity index (χ3v) is 3.43. The van der Waals surface area contributed by atoms with Gasteiger partial charge < -0.3 is 10.6 Å². The molecule has 0 unspecified atom stereocenters. The molecule has 0 aliphatic carbocycles. The Labute approximate surface area is 107 Å². The smallest absolute Gasteiger partial charge is 0.232 e. The molecule has 3 nitrogen and oxygen atoms in total. The van der Waals surface area contributed by atoms with Gasteiger partial charge in [0.2, 0.25) is 5.91 Å². The minimum Gasteiger partial charge on any atom is -0.341 e. The minimum absolute atomic E-state index is 0.157. The van der Waals surface area contributed by atoms with Crippen LogP contribution < -0.4 is 5.73 Å². The monoisotopic (exact) mass is 252 g/mol. The van der Waals surface area contributed by atoms with E-state index in [2.05, 4.69) is 31.2 Å². The van der Waals surface area contributed by atoms with E-state index in [0.29, 0.717) is 18.8 Å². The molecule has 1 rings (SSSR count). The molecule has 4 heteroatoms. The van der Waals surface area contributed by atoms with Crippen LogP contribution in [0.2, 0.25) is 0 Å². The summed E-state index contributed by atoms with van der Waals surface area (Å²) in [5, 5.41) is 0. The van der Waals surface area contributed by atoms with Crippen molar-refractivity contribution in [3.8, 4) is 0 Å². The van der Waals surface area contributed by atoms with Gasteiger partial charge in [0.15, 0.2) is 0 Å².